The van der Waals surface area contributed by atoms with Crippen LogP contribution in [0, 0.1) is 40.4 Å². The number of benzene rings is 1. The van der Waals surface area contributed by atoms with Gasteiger partial charge in [0.2, 0.25) is 0 Å². The van der Waals surface area contributed by atoms with Gasteiger partial charge in [0.25, 0.3) is 0 Å². The van der Waals surface area contributed by atoms with Crippen LogP contribution in [0.2, 0.25) is 0 Å². The van der Waals surface area contributed by atoms with Crippen LogP contribution in [-0.2, 0) is 9.84 Å². The van der Waals surface area contributed by atoms with Gasteiger partial charge in [-0.1, -0.05) is 32.0 Å². The van der Waals surface area contributed by atoms with Crippen LogP contribution < -0.4 is 0 Å². The maximum atomic E-state index is 13.6. The van der Waals surface area contributed by atoms with Crippen LogP contribution in [0.4, 0.5) is 13.2 Å². The van der Waals surface area contributed by atoms with Crippen molar-refractivity contribution in [1.82, 2.24) is 0 Å². The molecule has 0 bridgehead atoms. The zero-order chi connectivity index (χ0) is 26.1. The van der Waals surface area contributed by atoms with E-state index in [2.05, 4.69) is 13.8 Å². The molecule has 0 radical (unpaired) electrons. The van der Waals surface area contributed by atoms with Crippen molar-refractivity contribution in [1.29, 1.82) is 0 Å². The molecule has 0 aromatic heterocycles. The van der Waals surface area contributed by atoms with Crippen molar-refractivity contribution in [2.75, 3.05) is 5.75 Å². The van der Waals surface area contributed by atoms with E-state index < -0.39 is 33.1 Å². The zero-order valence-electron chi connectivity index (χ0n) is 21.2. The van der Waals surface area contributed by atoms with Crippen molar-refractivity contribution in [3.8, 4) is 0 Å². The molecule has 1 aromatic carbocycles. The molecule has 8 heteroatoms. The summed E-state index contributed by atoms with van der Waals surface area (Å²) in [7, 11) is -3.38. The number of fused-ring (bicyclic) bond motifs is 5. The Morgan fingerprint density at radius 2 is 1.67 bits per heavy atom. The van der Waals surface area contributed by atoms with Gasteiger partial charge in [0, 0.05) is 0 Å². The molecule has 4 nitrogen and oxygen atoms in total. The van der Waals surface area contributed by atoms with Gasteiger partial charge >= 0.3 is 6.18 Å². The van der Waals surface area contributed by atoms with E-state index in [4.69, 9.17) is 0 Å². The molecule has 9 atom stereocenters. The molecule has 0 heterocycles. The van der Waals surface area contributed by atoms with Gasteiger partial charge < -0.3 is 10.2 Å². The molecular weight excluding hydrogens is 489 g/mol. The molecule has 202 valence electrons. The highest BCUT2D eigenvalue weighted by atomic mass is 32.2. The van der Waals surface area contributed by atoms with Gasteiger partial charge in [-0.15, -0.1) is 0 Å². The minimum atomic E-state index is -4.63. The fourth-order valence-electron chi connectivity index (χ4n) is 9.25. The van der Waals surface area contributed by atoms with E-state index in [0.29, 0.717) is 30.1 Å². The fourth-order valence-corrected chi connectivity index (χ4v) is 10.7. The molecule has 36 heavy (non-hydrogen) atoms. The first-order valence-corrected chi connectivity index (χ1v) is 15.1. The highest BCUT2D eigenvalue weighted by molar-refractivity contribution is 7.91. The van der Waals surface area contributed by atoms with Gasteiger partial charge in [0.15, 0.2) is 15.4 Å². The smallest absolute Gasteiger partial charge is 0.393 e. The monoisotopic (exact) mass is 528 g/mol. The molecule has 4 fully saturated rings. The second-order valence-electron chi connectivity index (χ2n) is 12.8. The minimum Gasteiger partial charge on any atom is -0.393 e. The van der Waals surface area contributed by atoms with Crippen LogP contribution in [0.15, 0.2) is 35.2 Å². The highest BCUT2D eigenvalue weighted by Crippen LogP contribution is 2.69. The molecule has 4 aliphatic carbocycles. The second-order valence-corrected chi connectivity index (χ2v) is 14.9. The largest absolute Gasteiger partial charge is 0.417 e. The molecule has 0 amide bonds. The maximum Gasteiger partial charge on any atom is 0.417 e. The van der Waals surface area contributed by atoms with Gasteiger partial charge in [-0.25, -0.2) is 8.42 Å². The van der Waals surface area contributed by atoms with Crippen molar-refractivity contribution in [3.05, 3.63) is 30.3 Å². The number of halogens is 3. The van der Waals surface area contributed by atoms with Crippen LogP contribution in [0.3, 0.4) is 0 Å². The van der Waals surface area contributed by atoms with Crippen molar-refractivity contribution >= 4 is 9.84 Å². The average Bonchev–Trinajstić information content (AvgIpc) is 3.13. The summed E-state index contributed by atoms with van der Waals surface area (Å²) in [5.41, 5.74) is -3.21. The summed E-state index contributed by atoms with van der Waals surface area (Å²) in [6.45, 7) is 4.26. The average molecular weight is 529 g/mol. The summed E-state index contributed by atoms with van der Waals surface area (Å²) in [6, 6.07) is 8.52. The quantitative estimate of drug-likeness (QED) is 0.520. The normalized spacial score (nSPS) is 45.0. The van der Waals surface area contributed by atoms with Gasteiger partial charge in [0.05, 0.1) is 16.8 Å². The first-order chi connectivity index (χ1) is 16.7. The van der Waals surface area contributed by atoms with Crippen molar-refractivity contribution in [3.63, 3.8) is 0 Å². The van der Waals surface area contributed by atoms with E-state index in [0.717, 1.165) is 19.3 Å². The van der Waals surface area contributed by atoms with Crippen LogP contribution in [0.25, 0.3) is 0 Å². The van der Waals surface area contributed by atoms with E-state index in [1.807, 2.05) is 0 Å². The summed E-state index contributed by atoms with van der Waals surface area (Å²) in [6.07, 6.45) is -1.11. The Labute approximate surface area is 212 Å². The van der Waals surface area contributed by atoms with E-state index in [-0.39, 0.29) is 54.1 Å². The van der Waals surface area contributed by atoms with Crippen LogP contribution >= 0.6 is 0 Å². The van der Waals surface area contributed by atoms with Crippen LogP contribution in [-0.4, -0.2) is 42.3 Å². The molecule has 0 aliphatic heterocycles. The first-order valence-electron chi connectivity index (χ1n) is 13.5. The Bertz CT molecular complexity index is 1080. The molecular formula is C28H39F3O4S. The number of sulfone groups is 1. The molecule has 4 saturated carbocycles. The third kappa shape index (κ3) is 4.05. The summed E-state index contributed by atoms with van der Waals surface area (Å²) in [5.74, 6) is 0.530. The molecule has 4 aliphatic rings. The highest BCUT2D eigenvalue weighted by Gasteiger charge is 2.66. The Hall–Kier alpha value is -1.12. The number of aliphatic hydroxyl groups is 2. The second kappa shape index (κ2) is 8.70. The lowest BCUT2D eigenvalue weighted by Gasteiger charge is -2.63. The van der Waals surface area contributed by atoms with Crippen molar-refractivity contribution < 1.29 is 31.8 Å². The van der Waals surface area contributed by atoms with Gasteiger partial charge in [-0.05, 0) is 110 Å². The Balaban J connectivity index is 1.33. The summed E-state index contributed by atoms with van der Waals surface area (Å²) in [4.78, 5) is 0.343. The van der Waals surface area contributed by atoms with Crippen LogP contribution in [0.1, 0.15) is 71.6 Å². The molecule has 2 N–H and O–H groups in total. The molecule has 1 aromatic rings. The van der Waals surface area contributed by atoms with Gasteiger partial charge in [-0.2, -0.15) is 13.2 Å². The standard InChI is InChI=1S/C28H39F3O4S/c1-25-13-14-27(33,28(29,30)31)16-19(25)8-10-21-22-11-9-18(26(22,2)17-23(32)24(21)25)12-15-36(34,35)20-6-4-3-5-7-20/h3-7,18-19,21-24,32-33H,8-17H2,1-2H3/t18?,19?,21?,22?,23?,24?,25?,26?,27-/m0/s1. The summed E-state index contributed by atoms with van der Waals surface area (Å²) >= 11 is 0. The van der Waals surface area contributed by atoms with E-state index in [1.54, 1.807) is 30.3 Å². The fraction of sp³-hybridized carbons (Fsp3) is 0.786. The van der Waals surface area contributed by atoms with E-state index in [9.17, 15) is 31.8 Å². The van der Waals surface area contributed by atoms with Crippen molar-refractivity contribution in [2.24, 2.45) is 40.4 Å². The molecule has 8 unspecified atom stereocenters. The molecule has 0 saturated heterocycles. The lowest BCUT2D eigenvalue weighted by Crippen LogP contribution is -2.62. The lowest BCUT2D eigenvalue weighted by molar-refractivity contribution is -0.293. The first kappa shape index (κ1) is 26.5. The Morgan fingerprint density at radius 1 is 0.972 bits per heavy atom. The maximum absolute atomic E-state index is 13.6. The lowest BCUT2D eigenvalue weighted by atomic mass is 9.43. The SMILES string of the molecule is CC12CC(O)C3C(CCC4C[C@](O)(C(F)(F)F)CCC43C)C1CCC2CCS(=O)(=O)c1ccccc1. The number of hydrogen-bond acceptors (Lipinski definition) is 4. The number of aliphatic hydroxyl groups excluding tert-OH is 1. The Kier molecular flexibility index (Phi) is 6.40. The Morgan fingerprint density at radius 3 is 2.33 bits per heavy atom. The number of alkyl halides is 3. The van der Waals surface area contributed by atoms with Gasteiger partial charge in [-0.3, -0.25) is 0 Å². The van der Waals surface area contributed by atoms with E-state index >= 15 is 0 Å². The predicted molar refractivity (Wildman–Crippen MR) is 131 cm³/mol. The zero-order valence-corrected chi connectivity index (χ0v) is 22.0. The van der Waals surface area contributed by atoms with Gasteiger partial charge in [0.1, 0.15) is 0 Å². The predicted octanol–water partition coefficient (Wildman–Crippen LogP) is 5.77. The van der Waals surface area contributed by atoms with Crippen molar-refractivity contribution in [2.45, 2.75) is 94.4 Å². The summed E-state index contributed by atoms with van der Waals surface area (Å²) < 4.78 is 66.7. The number of hydrogen-bond donors (Lipinski definition) is 2. The third-order valence-corrected chi connectivity index (χ3v) is 13.0. The topological polar surface area (TPSA) is 74.6 Å². The third-order valence-electron chi connectivity index (χ3n) is 11.2. The summed E-state index contributed by atoms with van der Waals surface area (Å²) in [5, 5.41) is 22.0. The van der Waals surface area contributed by atoms with Crippen LogP contribution in [0.5, 0.6) is 0 Å². The molecule has 5 rings (SSSR count). The minimum absolute atomic E-state index is 0.0705. The number of rotatable bonds is 4. The van der Waals surface area contributed by atoms with E-state index in [1.165, 1.54) is 0 Å². The molecule has 0 spiro atoms.